The molecule has 0 radical (unpaired) electrons. The Hall–Kier alpha value is -0.530. The Labute approximate surface area is 82.2 Å². The van der Waals surface area contributed by atoms with Gasteiger partial charge in [0.25, 0.3) is 0 Å². The zero-order valence-corrected chi connectivity index (χ0v) is 9.67. The highest BCUT2D eigenvalue weighted by Crippen LogP contribution is 2.13. The first kappa shape index (κ1) is 10.6. The van der Waals surface area contributed by atoms with Crippen molar-refractivity contribution in [3.05, 3.63) is 0 Å². The van der Waals surface area contributed by atoms with Gasteiger partial charge < -0.3 is 0 Å². The van der Waals surface area contributed by atoms with Gasteiger partial charge in [-0.2, -0.15) is 0 Å². The summed E-state index contributed by atoms with van der Waals surface area (Å²) in [6, 6.07) is 0.647. The second-order valence-corrected chi connectivity index (χ2v) is 4.38. The van der Waals surface area contributed by atoms with Crippen LogP contribution in [0.2, 0.25) is 0 Å². The van der Waals surface area contributed by atoms with Crippen LogP contribution in [0, 0.1) is 5.92 Å². The molecule has 76 valence electrons. The lowest BCUT2D eigenvalue weighted by atomic mass is 10.1. The highest BCUT2D eigenvalue weighted by molar-refractivity contribution is 5.80. The van der Waals surface area contributed by atoms with Gasteiger partial charge in [-0.25, -0.2) is 0 Å². The number of rotatable bonds is 3. The van der Waals surface area contributed by atoms with Crippen LogP contribution >= 0.6 is 0 Å². The van der Waals surface area contributed by atoms with E-state index in [9.17, 15) is 0 Å². The molecule has 0 amide bonds. The van der Waals surface area contributed by atoms with Crippen molar-refractivity contribution in [1.29, 1.82) is 0 Å². The zero-order chi connectivity index (χ0) is 10.0. The van der Waals surface area contributed by atoms with Crippen molar-refractivity contribution in [3.8, 4) is 0 Å². The highest BCUT2D eigenvalue weighted by atomic mass is 15.3. The van der Waals surface area contributed by atoms with Gasteiger partial charge in [0, 0.05) is 0 Å². The standard InChI is InChI=1S/C11H23N2/c1-6-12-7-8-13(10(4)5)11(12)9(2)3/h9-10H,6-8H2,1-5H3/q+1. The third-order valence-corrected chi connectivity index (χ3v) is 2.75. The molecular formula is C11H23N2+. The van der Waals surface area contributed by atoms with Gasteiger partial charge in [0.05, 0.1) is 18.5 Å². The molecule has 2 nitrogen and oxygen atoms in total. The van der Waals surface area contributed by atoms with Gasteiger partial charge in [-0.1, -0.05) is 13.8 Å². The highest BCUT2D eigenvalue weighted by Gasteiger charge is 2.33. The van der Waals surface area contributed by atoms with Gasteiger partial charge in [0.2, 0.25) is 5.84 Å². The quantitative estimate of drug-likeness (QED) is 0.605. The van der Waals surface area contributed by atoms with Crippen LogP contribution in [0.1, 0.15) is 34.6 Å². The van der Waals surface area contributed by atoms with Gasteiger partial charge in [0.1, 0.15) is 13.1 Å². The molecule has 0 aromatic heterocycles. The molecule has 1 aliphatic heterocycles. The van der Waals surface area contributed by atoms with Crippen molar-refractivity contribution in [2.45, 2.75) is 40.7 Å². The molecule has 0 fully saturated rings. The maximum atomic E-state index is 2.54. The predicted molar refractivity (Wildman–Crippen MR) is 57.4 cm³/mol. The summed E-state index contributed by atoms with van der Waals surface area (Å²) in [5, 5.41) is 0. The topological polar surface area (TPSA) is 6.25 Å². The van der Waals surface area contributed by atoms with E-state index in [1.165, 1.54) is 18.9 Å². The fourth-order valence-corrected chi connectivity index (χ4v) is 2.18. The van der Waals surface area contributed by atoms with Gasteiger partial charge in [-0.05, 0) is 20.8 Å². The van der Waals surface area contributed by atoms with E-state index in [0.717, 1.165) is 6.54 Å². The van der Waals surface area contributed by atoms with Crippen LogP contribution in [0.5, 0.6) is 0 Å². The molecule has 13 heavy (non-hydrogen) atoms. The SMILES string of the molecule is CC[N+]1=C(C(C)C)N(C(C)C)CC1. The van der Waals surface area contributed by atoms with Crippen molar-refractivity contribution in [3.63, 3.8) is 0 Å². The second-order valence-electron chi connectivity index (χ2n) is 4.38. The fourth-order valence-electron chi connectivity index (χ4n) is 2.18. The molecule has 0 saturated carbocycles. The van der Waals surface area contributed by atoms with Gasteiger partial charge >= 0.3 is 0 Å². The maximum absolute atomic E-state index is 2.54. The van der Waals surface area contributed by atoms with Crippen LogP contribution in [-0.2, 0) is 0 Å². The van der Waals surface area contributed by atoms with E-state index in [-0.39, 0.29) is 0 Å². The second kappa shape index (κ2) is 4.12. The first-order chi connectivity index (χ1) is 6.07. The van der Waals surface area contributed by atoms with Crippen LogP contribution in [0.3, 0.4) is 0 Å². The number of hydrogen-bond acceptors (Lipinski definition) is 1. The Morgan fingerprint density at radius 3 is 2.31 bits per heavy atom. The van der Waals surface area contributed by atoms with E-state index in [0.29, 0.717) is 12.0 Å². The van der Waals surface area contributed by atoms with Gasteiger partial charge in [-0.15, -0.1) is 0 Å². The Bertz CT molecular complexity index is 204. The molecule has 0 saturated heterocycles. The normalized spacial score (nSPS) is 18.2. The summed E-state index contributed by atoms with van der Waals surface area (Å²) in [6.45, 7) is 14.9. The van der Waals surface area contributed by atoms with Crippen molar-refractivity contribution in [2.24, 2.45) is 5.92 Å². The van der Waals surface area contributed by atoms with E-state index < -0.39 is 0 Å². The Kier molecular flexibility index (Phi) is 3.34. The van der Waals surface area contributed by atoms with E-state index in [1.807, 2.05) is 0 Å². The van der Waals surface area contributed by atoms with Crippen LogP contribution in [0.25, 0.3) is 0 Å². The minimum absolute atomic E-state index is 0.647. The lowest BCUT2D eigenvalue weighted by Crippen LogP contribution is -2.38. The lowest BCUT2D eigenvalue weighted by molar-refractivity contribution is -0.516. The molecule has 0 spiro atoms. The molecule has 2 heteroatoms. The molecule has 0 aromatic rings. The maximum Gasteiger partial charge on any atom is 0.249 e. The summed E-state index contributed by atoms with van der Waals surface area (Å²) in [4.78, 5) is 2.54. The van der Waals surface area contributed by atoms with Crippen LogP contribution in [0.4, 0.5) is 0 Å². The Balaban J connectivity index is 2.87. The molecule has 0 aliphatic carbocycles. The molecule has 1 aliphatic rings. The van der Waals surface area contributed by atoms with E-state index >= 15 is 0 Å². The van der Waals surface area contributed by atoms with Crippen LogP contribution in [-0.4, -0.2) is 41.0 Å². The summed E-state index contributed by atoms with van der Waals surface area (Å²) < 4.78 is 2.50. The molecule has 0 aromatic carbocycles. The monoisotopic (exact) mass is 183 g/mol. The van der Waals surface area contributed by atoms with E-state index in [1.54, 1.807) is 0 Å². The number of amidine groups is 1. The molecule has 0 atom stereocenters. The van der Waals surface area contributed by atoms with Crippen molar-refractivity contribution in [2.75, 3.05) is 19.6 Å². The zero-order valence-electron chi connectivity index (χ0n) is 9.67. The van der Waals surface area contributed by atoms with Gasteiger partial charge in [0.15, 0.2) is 0 Å². The first-order valence-corrected chi connectivity index (χ1v) is 5.46. The summed E-state index contributed by atoms with van der Waals surface area (Å²) in [5.74, 6) is 2.20. The van der Waals surface area contributed by atoms with Crippen molar-refractivity contribution >= 4 is 5.84 Å². The molecule has 1 rings (SSSR count). The van der Waals surface area contributed by atoms with E-state index in [2.05, 4.69) is 44.1 Å². The van der Waals surface area contributed by atoms with E-state index in [4.69, 9.17) is 0 Å². The summed E-state index contributed by atoms with van der Waals surface area (Å²) >= 11 is 0. The minimum Gasteiger partial charge on any atom is -0.262 e. The van der Waals surface area contributed by atoms with Crippen molar-refractivity contribution < 1.29 is 4.58 Å². The summed E-state index contributed by atoms with van der Waals surface area (Å²) in [5.41, 5.74) is 0. The Morgan fingerprint density at radius 2 is 1.92 bits per heavy atom. The molecular weight excluding hydrogens is 160 g/mol. The minimum atomic E-state index is 0.647. The Morgan fingerprint density at radius 1 is 1.31 bits per heavy atom. The number of nitrogens with zero attached hydrogens (tertiary/aromatic N) is 2. The lowest BCUT2D eigenvalue weighted by Gasteiger charge is -2.19. The third kappa shape index (κ3) is 2.04. The van der Waals surface area contributed by atoms with Crippen LogP contribution in [0.15, 0.2) is 0 Å². The molecule has 0 unspecified atom stereocenters. The first-order valence-electron chi connectivity index (χ1n) is 5.46. The van der Waals surface area contributed by atoms with Gasteiger partial charge in [-0.3, -0.25) is 9.48 Å². The number of hydrogen-bond donors (Lipinski definition) is 0. The molecule has 0 bridgehead atoms. The average molecular weight is 183 g/mol. The molecule has 0 N–H and O–H groups in total. The average Bonchev–Trinajstić information content (AvgIpc) is 2.46. The van der Waals surface area contributed by atoms with Crippen LogP contribution < -0.4 is 0 Å². The fraction of sp³-hybridized carbons (Fsp3) is 0.909. The summed E-state index contributed by atoms with van der Waals surface area (Å²) in [7, 11) is 0. The smallest absolute Gasteiger partial charge is 0.249 e. The molecule has 1 heterocycles. The predicted octanol–water partition coefficient (Wildman–Crippen LogP) is 1.80. The van der Waals surface area contributed by atoms with Crippen molar-refractivity contribution in [1.82, 2.24) is 4.90 Å². The largest absolute Gasteiger partial charge is 0.262 e. The third-order valence-electron chi connectivity index (χ3n) is 2.75. The number of likely N-dealkylation sites (N-methyl/N-ethyl adjacent to an activating group) is 1. The summed E-state index contributed by atoms with van der Waals surface area (Å²) in [6.07, 6.45) is 0.